The van der Waals surface area contributed by atoms with E-state index in [9.17, 15) is 14.7 Å². The first kappa shape index (κ1) is 44.0. The van der Waals surface area contributed by atoms with E-state index in [0.29, 0.717) is 48.2 Å². The number of carbonyl (C=O) groups excluding carboxylic acids is 2. The van der Waals surface area contributed by atoms with Gasteiger partial charge in [0.05, 0.1) is 13.5 Å². The van der Waals surface area contributed by atoms with Gasteiger partial charge in [-0.3, -0.25) is 9.59 Å². The number of pyridine rings is 1. The highest BCUT2D eigenvalue weighted by Gasteiger charge is 2.43. The molecule has 2 heterocycles. The molecule has 3 aliphatic rings. The van der Waals surface area contributed by atoms with Gasteiger partial charge in [0.1, 0.15) is 11.6 Å². The molecule has 2 aliphatic carbocycles. The summed E-state index contributed by atoms with van der Waals surface area (Å²) in [6, 6.07) is 25.1. The maximum absolute atomic E-state index is 13.3. The number of nitrogens with two attached hydrogens (primary N) is 1. The number of hydrogen-bond acceptors (Lipinski definition) is 8. The second kappa shape index (κ2) is 21.2. The van der Waals surface area contributed by atoms with E-state index in [1.807, 2.05) is 12.3 Å². The lowest BCUT2D eigenvalue weighted by Gasteiger charge is -2.46. The first-order valence-corrected chi connectivity index (χ1v) is 22.7. The monoisotopic (exact) mass is 823 g/mol. The van der Waals surface area contributed by atoms with E-state index in [1.54, 1.807) is 18.2 Å². The number of aromatic nitrogens is 1. The number of methoxy groups -OCH3 is 1. The molecule has 4 aromatic rings. The van der Waals surface area contributed by atoms with Crippen LogP contribution in [0.15, 0.2) is 97.2 Å². The number of carbonyl (C=O) groups is 2. The number of likely N-dealkylation sites (N-methyl/N-ethyl adjacent to an activating group) is 1. The number of allylic oxidation sites excluding steroid dienone is 1. The topological polar surface area (TPSA) is 127 Å². The zero-order chi connectivity index (χ0) is 42.6. The molecule has 61 heavy (non-hydrogen) atoms. The molecule has 1 saturated carbocycles. The predicted molar refractivity (Wildman–Crippen MR) is 247 cm³/mol. The first-order chi connectivity index (χ1) is 29.7. The molecule has 0 unspecified atom stereocenters. The van der Waals surface area contributed by atoms with Crippen molar-refractivity contribution >= 4 is 23.5 Å². The molecule has 1 aliphatic heterocycles. The third-order valence-electron chi connectivity index (χ3n) is 14.0. The molecule has 1 aromatic heterocycles. The van der Waals surface area contributed by atoms with Gasteiger partial charge in [0.25, 0.3) is 0 Å². The number of aryl methyl sites for hydroxylation is 4. The van der Waals surface area contributed by atoms with E-state index in [-0.39, 0.29) is 29.2 Å². The Bertz CT molecular complexity index is 2160. The number of Topliss-reactive ketones (excluding diaryl/α,β-unsaturated/α-hetero) is 1. The minimum atomic E-state index is -0.220. The summed E-state index contributed by atoms with van der Waals surface area (Å²) >= 11 is 0. The van der Waals surface area contributed by atoms with Gasteiger partial charge < -0.3 is 26.2 Å². The number of nitrogens with zero attached hydrogens (tertiary/aromatic N) is 1. The summed E-state index contributed by atoms with van der Waals surface area (Å²) in [5.74, 6) is 2.51. The maximum atomic E-state index is 13.3. The van der Waals surface area contributed by atoms with Gasteiger partial charge in [-0.2, -0.15) is 0 Å². The fourth-order valence-corrected chi connectivity index (χ4v) is 10.7. The van der Waals surface area contributed by atoms with Crippen LogP contribution in [-0.4, -0.2) is 54.9 Å². The number of ether oxygens (including phenoxy) is 1. The Labute approximate surface area is 363 Å². The number of phenolic OH excluding ortho intramolecular Hbond substituents is 1. The number of benzene rings is 3. The van der Waals surface area contributed by atoms with Crippen molar-refractivity contribution in [3.8, 4) is 11.5 Å². The number of piperidine rings is 1. The number of nitrogens with one attached hydrogen (secondary N) is 2. The molecule has 0 amide bonds. The van der Waals surface area contributed by atoms with Gasteiger partial charge in [-0.05, 0) is 171 Å². The van der Waals surface area contributed by atoms with Gasteiger partial charge in [-0.25, -0.2) is 4.98 Å². The highest BCUT2D eigenvalue weighted by molar-refractivity contribution is 6.06. The van der Waals surface area contributed by atoms with Crippen LogP contribution in [0.4, 0.5) is 5.82 Å². The van der Waals surface area contributed by atoms with Crippen molar-refractivity contribution in [2.24, 2.45) is 23.2 Å². The normalized spacial score (nSPS) is 20.8. The predicted octanol–water partition coefficient (Wildman–Crippen LogP) is 9.20. The van der Waals surface area contributed by atoms with Crippen molar-refractivity contribution in [1.82, 2.24) is 15.6 Å². The smallest absolute Gasteiger partial charge is 0.163 e. The largest absolute Gasteiger partial charge is 0.504 e. The Balaban J connectivity index is 0.962. The number of aromatic hydroxyl groups is 1. The van der Waals surface area contributed by atoms with E-state index < -0.39 is 0 Å². The molecule has 2 fully saturated rings. The number of phenols is 1. The van der Waals surface area contributed by atoms with Gasteiger partial charge >= 0.3 is 0 Å². The van der Waals surface area contributed by atoms with Crippen LogP contribution < -0.4 is 21.1 Å². The minimum absolute atomic E-state index is 0.00208. The fraction of sp³-hybridized carbons (Fsp3) is 0.453. The van der Waals surface area contributed by atoms with Crippen molar-refractivity contribution in [2.45, 2.75) is 102 Å². The Morgan fingerprint density at radius 3 is 2.46 bits per heavy atom. The van der Waals surface area contributed by atoms with Crippen molar-refractivity contribution in [3.05, 3.63) is 136 Å². The lowest BCUT2D eigenvalue weighted by molar-refractivity contribution is -0.124. The third kappa shape index (κ3) is 11.9. The van der Waals surface area contributed by atoms with Crippen molar-refractivity contribution < 1.29 is 19.4 Å². The van der Waals surface area contributed by atoms with Crippen LogP contribution in [0.3, 0.4) is 0 Å². The summed E-state index contributed by atoms with van der Waals surface area (Å²) in [5.41, 5.74) is 14.0. The lowest BCUT2D eigenvalue weighted by atomic mass is 9.63. The van der Waals surface area contributed by atoms with Crippen molar-refractivity contribution in [3.63, 3.8) is 0 Å². The molecule has 0 bridgehead atoms. The van der Waals surface area contributed by atoms with Gasteiger partial charge in [0.15, 0.2) is 17.3 Å². The van der Waals surface area contributed by atoms with Crippen LogP contribution in [0.25, 0.3) is 6.08 Å². The maximum Gasteiger partial charge on any atom is 0.163 e. The Morgan fingerprint density at radius 1 is 0.934 bits per heavy atom. The zero-order valence-electron chi connectivity index (χ0n) is 36.3. The molecule has 4 atom stereocenters. The van der Waals surface area contributed by atoms with Gasteiger partial charge in [-0.15, -0.1) is 0 Å². The minimum Gasteiger partial charge on any atom is -0.504 e. The summed E-state index contributed by atoms with van der Waals surface area (Å²) in [6.07, 6.45) is 23.6. The summed E-state index contributed by atoms with van der Waals surface area (Å²) in [4.78, 5) is 31.0. The van der Waals surface area contributed by atoms with E-state index in [4.69, 9.17) is 10.5 Å². The third-order valence-corrected chi connectivity index (χ3v) is 14.0. The molecule has 5 N–H and O–H groups in total. The average molecular weight is 823 g/mol. The van der Waals surface area contributed by atoms with Crippen molar-refractivity contribution in [2.75, 3.05) is 33.0 Å². The van der Waals surface area contributed by atoms with E-state index in [0.717, 1.165) is 73.9 Å². The molecule has 1 saturated heterocycles. The lowest BCUT2D eigenvalue weighted by Crippen LogP contribution is -2.49. The molecule has 3 aromatic carbocycles. The molecule has 8 nitrogen and oxygen atoms in total. The number of anilines is 1. The molecule has 322 valence electrons. The number of hydrogen-bond donors (Lipinski definition) is 4. The molecule has 0 spiro atoms. The summed E-state index contributed by atoms with van der Waals surface area (Å²) in [7, 11) is 3.60. The van der Waals surface area contributed by atoms with Crippen LogP contribution in [0.5, 0.6) is 11.5 Å². The molecule has 8 heteroatoms. The average Bonchev–Trinajstić information content (AvgIpc) is 3.74. The van der Waals surface area contributed by atoms with Crippen LogP contribution in [0.1, 0.15) is 103 Å². The summed E-state index contributed by atoms with van der Waals surface area (Å²) in [6.45, 7) is 2.17. The second-order valence-electron chi connectivity index (χ2n) is 18.0. The van der Waals surface area contributed by atoms with Crippen LogP contribution in [0.2, 0.25) is 0 Å². The summed E-state index contributed by atoms with van der Waals surface area (Å²) in [5, 5.41) is 18.1. The van der Waals surface area contributed by atoms with Gasteiger partial charge in [0, 0.05) is 25.2 Å². The standard InChI is InChI=1S/C53H66N4O4/c1-55-49-22-20-42-35-56-27-23-47(42)48(49)34-53(24-6-7-25-53)26-9-14-45(58)33-46(59)21-19-40-31-51(61-2)50(60)30-43(40)29-44-36-57-52(54)32-41(44)18-17-39-13-8-12-38(28-39)16-15-37-10-4-3-5-11-37/h3-5,8,10-13,19-22,28,30-32,36,42,47-49,55-56,60H,6-7,9,14-18,23-27,29,33-35H2,1-2H3,(H2,54,57)/b21-19+/t42-,47+,48-,49+/m1/s1. The number of nitrogen functional groups attached to an aromatic ring is 1. The summed E-state index contributed by atoms with van der Waals surface area (Å²) < 4.78 is 5.46. The molecular formula is C53H66N4O4. The van der Waals surface area contributed by atoms with Gasteiger partial charge in [-0.1, -0.05) is 85.7 Å². The number of ketones is 2. The highest BCUT2D eigenvalue weighted by Crippen LogP contribution is 2.51. The van der Waals surface area contributed by atoms with E-state index in [2.05, 4.69) is 89.4 Å². The SMILES string of the molecule is CN[C@H]1C=C[C@@H]2CNCC[C@@H]2[C@H]1CC1(CCCC(=O)CC(=O)/C=C/c2cc(OC)c(O)cc2Cc2cnc(N)cc2CCc2cccc(CCc3ccccc3)c2)CCCC1. The highest BCUT2D eigenvalue weighted by atomic mass is 16.5. The Hall–Kier alpha value is -5.05. The molecule has 0 radical (unpaired) electrons. The van der Waals surface area contributed by atoms with Crippen molar-refractivity contribution in [1.29, 1.82) is 0 Å². The zero-order valence-corrected chi connectivity index (χ0v) is 36.3. The second-order valence-corrected chi connectivity index (χ2v) is 18.0. The fourth-order valence-electron chi connectivity index (χ4n) is 10.7. The Morgan fingerprint density at radius 2 is 1.69 bits per heavy atom. The van der Waals surface area contributed by atoms with E-state index >= 15 is 0 Å². The first-order valence-electron chi connectivity index (χ1n) is 22.7. The van der Waals surface area contributed by atoms with Crippen LogP contribution in [-0.2, 0) is 41.7 Å². The van der Waals surface area contributed by atoms with Gasteiger partial charge in [0.2, 0.25) is 0 Å². The quantitative estimate of drug-likeness (QED) is 0.0395. The number of fused-ring (bicyclic) bond motifs is 1. The van der Waals surface area contributed by atoms with Crippen LogP contribution in [0, 0.1) is 23.2 Å². The van der Waals surface area contributed by atoms with E-state index in [1.165, 1.54) is 68.4 Å². The Kier molecular flexibility index (Phi) is 15.3. The number of rotatable bonds is 20. The molecular weight excluding hydrogens is 757 g/mol. The van der Waals surface area contributed by atoms with Crippen LogP contribution >= 0.6 is 0 Å². The molecule has 7 rings (SSSR count).